The topological polar surface area (TPSA) is 63.6 Å². The van der Waals surface area contributed by atoms with E-state index in [1.807, 2.05) is 12.1 Å². The molecule has 1 atom stereocenters. The van der Waals surface area contributed by atoms with Crippen molar-refractivity contribution < 1.29 is 18.8 Å². The molecule has 1 aliphatic heterocycles. The van der Waals surface area contributed by atoms with E-state index < -0.39 is 16.8 Å². The second-order valence-electron chi connectivity index (χ2n) is 4.72. The molecular formula is C14H18O4S. The van der Waals surface area contributed by atoms with Crippen LogP contribution in [0.5, 0.6) is 0 Å². The standard InChI is InChI=1S/C14H18O4S/c15-14(16)9-11-1-3-12(4-2-11)10-19(17)13-5-7-18-8-6-13/h1-4,13H,5-10H2,(H,15,16). The summed E-state index contributed by atoms with van der Waals surface area (Å²) in [5, 5.41) is 8.92. The van der Waals surface area contributed by atoms with Gasteiger partial charge in [-0.2, -0.15) is 0 Å². The lowest BCUT2D eigenvalue weighted by Crippen LogP contribution is -2.25. The van der Waals surface area contributed by atoms with Crippen molar-refractivity contribution in [1.82, 2.24) is 0 Å². The summed E-state index contributed by atoms with van der Waals surface area (Å²) in [4.78, 5) is 10.6. The molecule has 1 aromatic rings. The van der Waals surface area contributed by atoms with Crippen LogP contribution in [0, 0.1) is 0 Å². The summed E-state index contributed by atoms with van der Waals surface area (Å²) in [6.45, 7) is 1.40. The Labute approximate surface area is 115 Å². The van der Waals surface area contributed by atoms with Crippen molar-refractivity contribution in [3.63, 3.8) is 0 Å². The number of carbonyl (C=O) groups is 1. The Bertz CT molecular complexity index is 449. The van der Waals surface area contributed by atoms with Gasteiger partial charge < -0.3 is 9.84 Å². The van der Waals surface area contributed by atoms with Crippen LogP contribution < -0.4 is 0 Å². The van der Waals surface area contributed by atoms with E-state index in [2.05, 4.69) is 0 Å². The number of carboxylic acids is 1. The van der Waals surface area contributed by atoms with E-state index in [1.165, 1.54) is 0 Å². The average Bonchev–Trinajstić information content (AvgIpc) is 2.41. The summed E-state index contributed by atoms with van der Waals surface area (Å²) in [6, 6.07) is 7.33. The summed E-state index contributed by atoms with van der Waals surface area (Å²) in [5.41, 5.74) is 1.77. The minimum atomic E-state index is -0.871. The van der Waals surface area contributed by atoms with E-state index in [-0.39, 0.29) is 11.7 Å². The summed E-state index contributed by atoms with van der Waals surface area (Å²) < 4.78 is 17.5. The third-order valence-electron chi connectivity index (χ3n) is 3.23. The van der Waals surface area contributed by atoms with Crippen LogP contribution in [0.4, 0.5) is 0 Å². The minimum absolute atomic E-state index is 0.0311. The van der Waals surface area contributed by atoms with Gasteiger partial charge >= 0.3 is 5.97 Å². The van der Waals surface area contributed by atoms with E-state index in [0.29, 0.717) is 19.0 Å². The van der Waals surface area contributed by atoms with Crippen LogP contribution in [0.3, 0.4) is 0 Å². The molecule has 4 nitrogen and oxygen atoms in total. The fraction of sp³-hybridized carbons (Fsp3) is 0.500. The monoisotopic (exact) mass is 282 g/mol. The average molecular weight is 282 g/mol. The normalized spacial score (nSPS) is 18.1. The van der Waals surface area contributed by atoms with Crippen molar-refractivity contribution in [2.24, 2.45) is 0 Å². The maximum Gasteiger partial charge on any atom is 0.307 e. The quantitative estimate of drug-likeness (QED) is 0.893. The Morgan fingerprint density at radius 1 is 1.21 bits per heavy atom. The van der Waals surface area contributed by atoms with Crippen LogP contribution in [-0.2, 0) is 32.5 Å². The zero-order valence-corrected chi connectivity index (χ0v) is 11.5. The maximum atomic E-state index is 12.2. The highest BCUT2D eigenvalue weighted by Crippen LogP contribution is 2.17. The van der Waals surface area contributed by atoms with Crippen LogP contribution in [-0.4, -0.2) is 33.7 Å². The molecule has 0 aromatic heterocycles. The van der Waals surface area contributed by atoms with Crippen molar-refractivity contribution in [2.75, 3.05) is 13.2 Å². The van der Waals surface area contributed by atoms with Gasteiger partial charge in [0, 0.05) is 35.0 Å². The second kappa shape index (κ2) is 6.82. The van der Waals surface area contributed by atoms with Crippen LogP contribution in [0.25, 0.3) is 0 Å². The van der Waals surface area contributed by atoms with Gasteiger partial charge in [-0.3, -0.25) is 9.00 Å². The van der Waals surface area contributed by atoms with Crippen molar-refractivity contribution in [3.8, 4) is 0 Å². The largest absolute Gasteiger partial charge is 0.481 e. The molecule has 0 saturated carbocycles. The SMILES string of the molecule is O=C(O)Cc1ccc(CS(=O)C2CCOCC2)cc1. The lowest BCUT2D eigenvalue weighted by Gasteiger charge is -2.21. The molecule has 1 heterocycles. The number of aliphatic carboxylic acids is 1. The fourth-order valence-corrected chi connectivity index (χ4v) is 3.62. The molecule has 0 bridgehead atoms. The molecule has 1 saturated heterocycles. The smallest absolute Gasteiger partial charge is 0.307 e. The molecular weight excluding hydrogens is 264 g/mol. The number of benzene rings is 1. The van der Waals surface area contributed by atoms with Gasteiger partial charge in [-0.25, -0.2) is 0 Å². The zero-order chi connectivity index (χ0) is 13.7. The molecule has 1 fully saturated rings. The third-order valence-corrected chi connectivity index (χ3v) is 5.06. The Kier molecular flexibility index (Phi) is 5.10. The van der Waals surface area contributed by atoms with Gasteiger partial charge in [0.05, 0.1) is 6.42 Å². The predicted molar refractivity (Wildman–Crippen MR) is 73.5 cm³/mol. The highest BCUT2D eigenvalue weighted by Gasteiger charge is 2.20. The first-order valence-electron chi connectivity index (χ1n) is 6.39. The van der Waals surface area contributed by atoms with Crippen molar-refractivity contribution in [3.05, 3.63) is 35.4 Å². The number of carboxylic acid groups (broad SMARTS) is 1. The minimum Gasteiger partial charge on any atom is -0.481 e. The van der Waals surface area contributed by atoms with E-state index in [9.17, 15) is 9.00 Å². The summed E-state index contributed by atoms with van der Waals surface area (Å²) in [7, 11) is -0.871. The highest BCUT2D eigenvalue weighted by atomic mass is 32.2. The summed E-state index contributed by atoms with van der Waals surface area (Å²) in [6.07, 6.45) is 1.76. The van der Waals surface area contributed by atoms with Gasteiger partial charge in [-0.05, 0) is 24.0 Å². The molecule has 0 spiro atoms. The maximum absolute atomic E-state index is 12.2. The molecule has 5 heteroatoms. The third kappa shape index (κ3) is 4.44. The van der Waals surface area contributed by atoms with E-state index in [4.69, 9.17) is 9.84 Å². The first-order chi connectivity index (χ1) is 9.15. The lowest BCUT2D eigenvalue weighted by molar-refractivity contribution is -0.136. The van der Waals surface area contributed by atoms with Crippen LogP contribution in [0.1, 0.15) is 24.0 Å². The number of hydrogen-bond donors (Lipinski definition) is 1. The first-order valence-corrected chi connectivity index (χ1v) is 7.78. The number of rotatable bonds is 5. The highest BCUT2D eigenvalue weighted by molar-refractivity contribution is 7.84. The molecule has 0 radical (unpaired) electrons. The van der Waals surface area contributed by atoms with Gasteiger partial charge in [0.1, 0.15) is 0 Å². The molecule has 19 heavy (non-hydrogen) atoms. The van der Waals surface area contributed by atoms with Gasteiger partial charge in [0.2, 0.25) is 0 Å². The Morgan fingerprint density at radius 3 is 2.37 bits per heavy atom. The molecule has 1 N–H and O–H groups in total. The van der Waals surface area contributed by atoms with E-state index in [0.717, 1.165) is 24.0 Å². The van der Waals surface area contributed by atoms with Gasteiger partial charge in [-0.15, -0.1) is 0 Å². The van der Waals surface area contributed by atoms with Gasteiger partial charge in [-0.1, -0.05) is 24.3 Å². The van der Waals surface area contributed by atoms with Crippen molar-refractivity contribution in [2.45, 2.75) is 30.3 Å². The van der Waals surface area contributed by atoms with Crippen LogP contribution in [0.2, 0.25) is 0 Å². The number of hydrogen-bond acceptors (Lipinski definition) is 3. The lowest BCUT2D eigenvalue weighted by atomic mass is 10.1. The predicted octanol–water partition coefficient (Wildman–Crippen LogP) is 1.74. The summed E-state index contributed by atoms with van der Waals surface area (Å²) >= 11 is 0. The molecule has 2 rings (SSSR count). The molecule has 1 aliphatic rings. The van der Waals surface area contributed by atoms with E-state index in [1.54, 1.807) is 12.1 Å². The Hall–Kier alpha value is -1.20. The zero-order valence-electron chi connectivity index (χ0n) is 10.7. The Balaban J connectivity index is 1.91. The molecule has 0 amide bonds. The van der Waals surface area contributed by atoms with Crippen molar-refractivity contribution >= 4 is 16.8 Å². The molecule has 1 unspecified atom stereocenters. The first kappa shape index (κ1) is 14.2. The van der Waals surface area contributed by atoms with Crippen LogP contribution in [0.15, 0.2) is 24.3 Å². The second-order valence-corrected chi connectivity index (χ2v) is 6.44. The molecule has 0 aliphatic carbocycles. The van der Waals surface area contributed by atoms with Gasteiger partial charge in [0.15, 0.2) is 0 Å². The summed E-state index contributed by atoms with van der Waals surface area (Å²) in [5.74, 6) is -0.295. The van der Waals surface area contributed by atoms with Crippen molar-refractivity contribution in [1.29, 1.82) is 0 Å². The fourth-order valence-electron chi connectivity index (χ4n) is 2.15. The molecule has 104 valence electrons. The molecule has 1 aromatic carbocycles. The van der Waals surface area contributed by atoms with E-state index >= 15 is 0 Å². The number of ether oxygens (including phenoxy) is 1. The van der Waals surface area contributed by atoms with Gasteiger partial charge in [0.25, 0.3) is 0 Å². The van der Waals surface area contributed by atoms with Crippen LogP contribution >= 0.6 is 0 Å². The Morgan fingerprint density at radius 2 is 1.79 bits per heavy atom.